The maximum atomic E-state index is 13.1. The van der Waals surface area contributed by atoms with E-state index in [4.69, 9.17) is 0 Å². The third kappa shape index (κ3) is 4.85. The average molecular weight is 414 g/mol. The predicted molar refractivity (Wildman–Crippen MR) is 117 cm³/mol. The molecule has 4 amide bonds. The Balaban J connectivity index is 1.67. The Kier molecular flexibility index (Phi) is 6.53. The van der Waals surface area contributed by atoms with Crippen molar-refractivity contribution in [1.82, 2.24) is 15.5 Å². The maximum absolute atomic E-state index is 13.1. The Morgan fingerprint density at radius 2 is 1.63 bits per heavy atom. The molecule has 6 heteroatoms. The summed E-state index contributed by atoms with van der Waals surface area (Å²) in [4.78, 5) is 39.3. The van der Waals surface area contributed by atoms with E-state index in [1.807, 2.05) is 24.3 Å². The van der Waals surface area contributed by atoms with Crippen molar-refractivity contribution in [2.45, 2.75) is 89.6 Å². The topological polar surface area (TPSA) is 78.5 Å². The van der Waals surface area contributed by atoms with Crippen LogP contribution in [0, 0.1) is 0 Å². The highest BCUT2D eigenvalue weighted by Gasteiger charge is 2.49. The van der Waals surface area contributed by atoms with Gasteiger partial charge >= 0.3 is 6.03 Å². The summed E-state index contributed by atoms with van der Waals surface area (Å²) in [5.41, 5.74) is 0.719. The fourth-order valence-electron chi connectivity index (χ4n) is 4.36. The van der Waals surface area contributed by atoms with Crippen molar-refractivity contribution in [2.24, 2.45) is 0 Å². The van der Waals surface area contributed by atoms with E-state index in [2.05, 4.69) is 31.4 Å². The Morgan fingerprint density at radius 3 is 2.20 bits per heavy atom. The number of hydrogen-bond donors (Lipinski definition) is 2. The van der Waals surface area contributed by atoms with Gasteiger partial charge in [-0.1, -0.05) is 77.1 Å². The summed E-state index contributed by atoms with van der Waals surface area (Å²) in [5.74, 6) is -0.653. The predicted octanol–water partition coefficient (Wildman–Crippen LogP) is 3.98. The van der Waals surface area contributed by atoms with Crippen LogP contribution in [-0.4, -0.2) is 35.3 Å². The zero-order chi connectivity index (χ0) is 21.9. The molecule has 0 radical (unpaired) electrons. The zero-order valence-corrected chi connectivity index (χ0v) is 18.7. The van der Waals surface area contributed by atoms with Gasteiger partial charge in [0.25, 0.3) is 5.91 Å². The van der Waals surface area contributed by atoms with E-state index >= 15 is 0 Å². The van der Waals surface area contributed by atoms with Crippen LogP contribution in [-0.2, 0) is 20.5 Å². The van der Waals surface area contributed by atoms with Crippen LogP contribution in [0.15, 0.2) is 24.3 Å². The van der Waals surface area contributed by atoms with E-state index < -0.39 is 11.6 Å². The van der Waals surface area contributed by atoms with Gasteiger partial charge in [-0.2, -0.15) is 0 Å². The van der Waals surface area contributed by atoms with E-state index in [0.29, 0.717) is 0 Å². The van der Waals surface area contributed by atoms with Crippen molar-refractivity contribution in [3.8, 4) is 0 Å². The van der Waals surface area contributed by atoms with Gasteiger partial charge in [-0.3, -0.25) is 14.5 Å². The molecule has 2 N–H and O–H groups in total. The summed E-state index contributed by atoms with van der Waals surface area (Å²) in [5, 5.41) is 5.82. The van der Waals surface area contributed by atoms with Crippen LogP contribution < -0.4 is 10.6 Å². The molecule has 1 atom stereocenters. The second-order valence-electron chi connectivity index (χ2n) is 9.88. The molecule has 1 aliphatic heterocycles. The summed E-state index contributed by atoms with van der Waals surface area (Å²) in [7, 11) is 0. The third-order valence-electron chi connectivity index (χ3n) is 6.38. The summed E-state index contributed by atoms with van der Waals surface area (Å²) < 4.78 is 0. The number of rotatable bonds is 4. The molecule has 1 heterocycles. The molecular weight excluding hydrogens is 378 g/mol. The Bertz CT molecular complexity index is 789. The van der Waals surface area contributed by atoms with Crippen LogP contribution in [0.3, 0.4) is 0 Å². The second kappa shape index (κ2) is 8.78. The Morgan fingerprint density at radius 1 is 1.07 bits per heavy atom. The summed E-state index contributed by atoms with van der Waals surface area (Å²) in [6.07, 6.45) is 7.80. The number of carbonyl (C=O) groups excluding carboxylic acids is 3. The summed E-state index contributed by atoms with van der Waals surface area (Å²) >= 11 is 0. The van der Waals surface area contributed by atoms with Gasteiger partial charge in [-0.25, -0.2) is 4.79 Å². The SMILES string of the molecule is CC(C)(C)c1ccc(C2(C)NC(=O)N(CC(=O)NC3CCCCCCC3)C2=O)cc1. The van der Waals surface area contributed by atoms with Crippen molar-refractivity contribution in [3.05, 3.63) is 35.4 Å². The number of benzene rings is 1. The van der Waals surface area contributed by atoms with Crippen molar-refractivity contribution >= 4 is 17.8 Å². The van der Waals surface area contributed by atoms with Gasteiger partial charge in [-0.15, -0.1) is 0 Å². The lowest BCUT2D eigenvalue weighted by Gasteiger charge is -2.25. The van der Waals surface area contributed by atoms with Gasteiger partial charge in [-0.05, 0) is 36.3 Å². The largest absolute Gasteiger partial charge is 0.352 e. The first kappa shape index (κ1) is 22.3. The molecule has 6 nitrogen and oxygen atoms in total. The molecule has 1 saturated heterocycles. The molecule has 0 bridgehead atoms. The van der Waals surface area contributed by atoms with Crippen molar-refractivity contribution < 1.29 is 14.4 Å². The number of amides is 4. The quantitative estimate of drug-likeness (QED) is 0.733. The number of imide groups is 1. The van der Waals surface area contributed by atoms with Gasteiger partial charge < -0.3 is 10.6 Å². The number of hydrogen-bond acceptors (Lipinski definition) is 3. The molecule has 1 aliphatic carbocycles. The molecule has 1 aromatic rings. The highest BCUT2D eigenvalue weighted by Crippen LogP contribution is 2.31. The standard InChI is InChI=1S/C24H35N3O3/c1-23(2,3)17-12-14-18(15-13-17)24(4)21(29)27(22(30)26-24)16-20(28)25-19-10-8-6-5-7-9-11-19/h12-15,19H,5-11,16H2,1-4H3,(H,25,28)(H,26,30). The molecular formula is C24H35N3O3. The minimum atomic E-state index is -1.16. The monoisotopic (exact) mass is 413 g/mol. The van der Waals surface area contributed by atoms with Crippen LogP contribution in [0.25, 0.3) is 0 Å². The van der Waals surface area contributed by atoms with Crippen LogP contribution in [0.1, 0.15) is 83.8 Å². The van der Waals surface area contributed by atoms with Crippen LogP contribution in [0.5, 0.6) is 0 Å². The van der Waals surface area contributed by atoms with Gasteiger partial charge in [0.15, 0.2) is 0 Å². The van der Waals surface area contributed by atoms with Crippen LogP contribution in [0.2, 0.25) is 0 Å². The molecule has 2 fully saturated rings. The van der Waals surface area contributed by atoms with E-state index in [9.17, 15) is 14.4 Å². The first-order valence-electron chi connectivity index (χ1n) is 11.2. The van der Waals surface area contributed by atoms with Gasteiger partial charge in [0.05, 0.1) is 0 Å². The van der Waals surface area contributed by atoms with Crippen LogP contribution in [0.4, 0.5) is 4.79 Å². The Labute approximate surface area is 179 Å². The highest BCUT2D eigenvalue weighted by molar-refractivity contribution is 6.09. The van der Waals surface area contributed by atoms with Gasteiger partial charge in [0, 0.05) is 6.04 Å². The number of nitrogens with zero attached hydrogens (tertiary/aromatic N) is 1. The summed E-state index contributed by atoms with van der Waals surface area (Å²) in [6.45, 7) is 7.84. The lowest BCUT2D eigenvalue weighted by atomic mass is 9.84. The third-order valence-corrected chi connectivity index (χ3v) is 6.38. The molecule has 3 rings (SSSR count). The molecule has 1 saturated carbocycles. The number of nitrogens with one attached hydrogen (secondary N) is 2. The van der Waals surface area contributed by atoms with Crippen molar-refractivity contribution in [1.29, 1.82) is 0 Å². The fraction of sp³-hybridized carbons (Fsp3) is 0.625. The smallest absolute Gasteiger partial charge is 0.325 e. The zero-order valence-electron chi connectivity index (χ0n) is 18.7. The van der Waals surface area contributed by atoms with Gasteiger partial charge in [0.2, 0.25) is 5.91 Å². The average Bonchev–Trinajstić information content (AvgIpc) is 2.87. The van der Waals surface area contributed by atoms with E-state index in [1.54, 1.807) is 6.92 Å². The molecule has 0 spiro atoms. The second-order valence-corrected chi connectivity index (χ2v) is 9.88. The van der Waals surface area contributed by atoms with E-state index in [1.165, 1.54) is 19.3 Å². The maximum Gasteiger partial charge on any atom is 0.325 e. The lowest BCUT2D eigenvalue weighted by Crippen LogP contribution is -2.45. The van der Waals surface area contributed by atoms with Crippen molar-refractivity contribution in [3.63, 3.8) is 0 Å². The number of urea groups is 1. The first-order chi connectivity index (χ1) is 14.1. The molecule has 164 valence electrons. The molecule has 2 aliphatic rings. The number of carbonyl (C=O) groups is 3. The van der Waals surface area contributed by atoms with Crippen molar-refractivity contribution in [2.75, 3.05) is 6.54 Å². The minimum absolute atomic E-state index is 0.00348. The first-order valence-corrected chi connectivity index (χ1v) is 11.2. The van der Waals surface area contributed by atoms with Gasteiger partial charge in [0.1, 0.15) is 12.1 Å². The minimum Gasteiger partial charge on any atom is -0.352 e. The van der Waals surface area contributed by atoms with E-state index in [-0.39, 0.29) is 29.8 Å². The normalized spacial score (nSPS) is 23.7. The summed E-state index contributed by atoms with van der Waals surface area (Å²) in [6, 6.07) is 7.37. The van der Waals surface area contributed by atoms with Crippen LogP contribution >= 0.6 is 0 Å². The molecule has 1 unspecified atom stereocenters. The lowest BCUT2D eigenvalue weighted by molar-refractivity contribution is -0.135. The molecule has 0 aromatic heterocycles. The fourth-order valence-corrected chi connectivity index (χ4v) is 4.36. The molecule has 1 aromatic carbocycles. The molecule has 30 heavy (non-hydrogen) atoms. The van der Waals surface area contributed by atoms with E-state index in [0.717, 1.165) is 41.7 Å². The Hall–Kier alpha value is -2.37. The highest BCUT2D eigenvalue weighted by atomic mass is 16.2.